The number of benzene rings is 2. The third-order valence-corrected chi connectivity index (χ3v) is 4.42. The van der Waals surface area contributed by atoms with Crippen LogP contribution in [0.2, 0.25) is 0 Å². The topological polar surface area (TPSA) is 56.1 Å². The van der Waals surface area contributed by atoms with Gasteiger partial charge in [0.05, 0.1) is 12.8 Å². The average molecular weight is 367 g/mol. The van der Waals surface area contributed by atoms with Crippen molar-refractivity contribution in [1.29, 1.82) is 0 Å². The Morgan fingerprint density at radius 2 is 1.93 bits per heavy atom. The maximum absolute atomic E-state index is 13.5. The van der Waals surface area contributed by atoms with Crippen LogP contribution in [-0.4, -0.2) is 29.3 Å². The standard InChI is InChI=1S/C21H22FN3O2/c1-14-12-16(6-9-18(14)22)20-13-19(24-25(20)2)21(26)23-11-10-15-4-7-17(27-3)8-5-15/h4-9,12-13H,10-11H2,1-3H3,(H,23,26). The maximum Gasteiger partial charge on any atom is 0.271 e. The second-order valence-electron chi connectivity index (χ2n) is 6.36. The molecule has 0 atom stereocenters. The predicted molar refractivity (Wildman–Crippen MR) is 102 cm³/mol. The first-order chi connectivity index (χ1) is 13.0. The van der Waals surface area contributed by atoms with Gasteiger partial charge in [0.25, 0.3) is 5.91 Å². The van der Waals surface area contributed by atoms with Gasteiger partial charge < -0.3 is 10.1 Å². The van der Waals surface area contributed by atoms with Gasteiger partial charge in [-0.1, -0.05) is 12.1 Å². The van der Waals surface area contributed by atoms with Crippen molar-refractivity contribution in [2.75, 3.05) is 13.7 Å². The van der Waals surface area contributed by atoms with Crippen molar-refractivity contribution in [3.05, 3.63) is 71.2 Å². The Morgan fingerprint density at radius 3 is 2.59 bits per heavy atom. The normalized spacial score (nSPS) is 10.7. The van der Waals surface area contributed by atoms with Crippen LogP contribution < -0.4 is 10.1 Å². The minimum atomic E-state index is -0.252. The van der Waals surface area contributed by atoms with Crippen molar-refractivity contribution >= 4 is 5.91 Å². The Bertz CT molecular complexity index is 949. The van der Waals surface area contributed by atoms with Gasteiger partial charge in [0.15, 0.2) is 5.69 Å². The molecular weight excluding hydrogens is 345 g/mol. The Hall–Kier alpha value is -3.15. The third-order valence-electron chi connectivity index (χ3n) is 4.42. The van der Waals surface area contributed by atoms with E-state index in [9.17, 15) is 9.18 Å². The summed E-state index contributed by atoms with van der Waals surface area (Å²) in [5.74, 6) is 0.321. The summed E-state index contributed by atoms with van der Waals surface area (Å²) in [5.41, 5.74) is 3.59. The number of halogens is 1. The maximum atomic E-state index is 13.5. The fraction of sp³-hybridized carbons (Fsp3) is 0.238. The molecule has 1 aromatic heterocycles. The number of rotatable bonds is 6. The monoisotopic (exact) mass is 367 g/mol. The number of nitrogens with one attached hydrogen (secondary N) is 1. The molecule has 27 heavy (non-hydrogen) atoms. The summed E-state index contributed by atoms with van der Waals surface area (Å²) in [4.78, 5) is 12.4. The van der Waals surface area contributed by atoms with Crippen LogP contribution in [0.1, 0.15) is 21.6 Å². The molecule has 0 unspecified atom stereocenters. The summed E-state index contributed by atoms with van der Waals surface area (Å²) in [5, 5.41) is 7.16. The molecule has 1 amide bonds. The Labute approximate surface area is 157 Å². The number of hydrogen-bond acceptors (Lipinski definition) is 3. The van der Waals surface area contributed by atoms with E-state index >= 15 is 0 Å². The van der Waals surface area contributed by atoms with Crippen molar-refractivity contribution in [2.24, 2.45) is 7.05 Å². The Balaban J connectivity index is 1.64. The number of carbonyl (C=O) groups is 1. The summed E-state index contributed by atoms with van der Waals surface area (Å²) in [6.45, 7) is 2.22. The molecular formula is C21H22FN3O2. The van der Waals surface area contributed by atoms with E-state index in [0.29, 0.717) is 24.2 Å². The lowest BCUT2D eigenvalue weighted by atomic mass is 10.1. The summed E-state index contributed by atoms with van der Waals surface area (Å²) in [6, 6.07) is 14.3. The number of carbonyl (C=O) groups excluding carboxylic acids is 1. The number of ether oxygens (including phenoxy) is 1. The second kappa shape index (κ2) is 8.03. The molecule has 0 fully saturated rings. The third kappa shape index (κ3) is 4.34. The van der Waals surface area contributed by atoms with Crippen LogP contribution in [0.5, 0.6) is 5.75 Å². The number of aryl methyl sites for hydroxylation is 2. The van der Waals surface area contributed by atoms with E-state index in [-0.39, 0.29) is 11.7 Å². The number of methoxy groups -OCH3 is 1. The van der Waals surface area contributed by atoms with E-state index in [0.717, 1.165) is 22.6 Å². The van der Waals surface area contributed by atoms with Gasteiger partial charge in [-0.25, -0.2) is 4.39 Å². The zero-order valence-corrected chi connectivity index (χ0v) is 15.6. The van der Waals surface area contributed by atoms with E-state index in [1.807, 2.05) is 24.3 Å². The molecule has 0 aliphatic carbocycles. The number of amides is 1. The van der Waals surface area contributed by atoms with Crippen LogP contribution >= 0.6 is 0 Å². The van der Waals surface area contributed by atoms with Gasteiger partial charge in [0.2, 0.25) is 0 Å². The van der Waals surface area contributed by atoms with E-state index in [1.165, 1.54) is 6.07 Å². The lowest BCUT2D eigenvalue weighted by Crippen LogP contribution is -2.26. The van der Waals surface area contributed by atoms with Gasteiger partial charge >= 0.3 is 0 Å². The minimum absolute atomic E-state index is 0.232. The van der Waals surface area contributed by atoms with E-state index in [4.69, 9.17) is 4.74 Å². The molecule has 0 spiro atoms. The Kier molecular flexibility index (Phi) is 5.54. The lowest BCUT2D eigenvalue weighted by Gasteiger charge is -2.05. The van der Waals surface area contributed by atoms with Crippen molar-refractivity contribution in [2.45, 2.75) is 13.3 Å². The Morgan fingerprint density at radius 1 is 1.19 bits per heavy atom. The zero-order chi connectivity index (χ0) is 19.4. The van der Waals surface area contributed by atoms with Gasteiger partial charge in [-0.05, 0) is 60.9 Å². The molecule has 0 saturated heterocycles. The molecule has 140 valence electrons. The summed E-state index contributed by atoms with van der Waals surface area (Å²) in [7, 11) is 3.39. The highest BCUT2D eigenvalue weighted by Crippen LogP contribution is 2.22. The SMILES string of the molecule is COc1ccc(CCNC(=O)c2cc(-c3ccc(F)c(C)c3)n(C)n2)cc1. The largest absolute Gasteiger partial charge is 0.497 e. The molecule has 3 rings (SSSR count). The molecule has 1 heterocycles. The van der Waals surface area contributed by atoms with Crippen molar-refractivity contribution in [1.82, 2.24) is 15.1 Å². The highest BCUT2D eigenvalue weighted by atomic mass is 19.1. The number of hydrogen-bond donors (Lipinski definition) is 1. The van der Waals surface area contributed by atoms with Crippen LogP contribution in [0.4, 0.5) is 4.39 Å². The molecule has 0 aliphatic heterocycles. The predicted octanol–water partition coefficient (Wildman–Crippen LogP) is 3.52. The molecule has 0 bridgehead atoms. The molecule has 3 aromatic rings. The van der Waals surface area contributed by atoms with Gasteiger partial charge in [-0.2, -0.15) is 5.10 Å². The number of aromatic nitrogens is 2. The highest BCUT2D eigenvalue weighted by molar-refractivity contribution is 5.93. The van der Waals surface area contributed by atoms with E-state index in [2.05, 4.69) is 10.4 Å². The first-order valence-corrected chi connectivity index (χ1v) is 8.69. The molecule has 5 nitrogen and oxygen atoms in total. The van der Waals surface area contributed by atoms with Crippen LogP contribution in [0.3, 0.4) is 0 Å². The van der Waals surface area contributed by atoms with Gasteiger partial charge in [-0.3, -0.25) is 9.48 Å². The molecule has 2 aromatic carbocycles. The molecule has 0 saturated carbocycles. The highest BCUT2D eigenvalue weighted by Gasteiger charge is 2.14. The van der Waals surface area contributed by atoms with Gasteiger partial charge in [0.1, 0.15) is 11.6 Å². The van der Waals surface area contributed by atoms with Gasteiger partial charge in [-0.15, -0.1) is 0 Å². The van der Waals surface area contributed by atoms with Crippen LogP contribution in [0.25, 0.3) is 11.3 Å². The van der Waals surface area contributed by atoms with Crippen molar-refractivity contribution in [3.63, 3.8) is 0 Å². The smallest absolute Gasteiger partial charge is 0.271 e. The lowest BCUT2D eigenvalue weighted by molar-refractivity contribution is 0.0948. The van der Waals surface area contributed by atoms with Crippen LogP contribution in [0.15, 0.2) is 48.5 Å². The first-order valence-electron chi connectivity index (χ1n) is 8.69. The fourth-order valence-corrected chi connectivity index (χ4v) is 2.86. The average Bonchev–Trinajstić information content (AvgIpc) is 3.06. The van der Waals surface area contributed by atoms with E-state index < -0.39 is 0 Å². The second-order valence-corrected chi connectivity index (χ2v) is 6.36. The molecule has 6 heteroatoms. The molecule has 1 N–H and O–H groups in total. The summed E-state index contributed by atoms with van der Waals surface area (Å²) in [6.07, 6.45) is 0.715. The van der Waals surface area contributed by atoms with Crippen LogP contribution in [-0.2, 0) is 13.5 Å². The number of nitrogens with zero attached hydrogens (tertiary/aromatic N) is 2. The van der Waals surface area contributed by atoms with E-state index in [1.54, 1.807) is 44.0 Å². The van der Waals surface area contributed by atoms with Crippen LogP contribution in [0, 0.1) is 12.7 Å². The summed E-state index contributed by atoms with van der Waals surface area (Å²) >= 11 is 0. The van der Waals surface area contributed by atoms with Gasteiger partial charge in [0, 0.05) is 19.2 Å². The first kappa shape index (κ1) is 18.6. The van der Waals surface area contributed by atoms with Crippen molar-refractivity contribution in [3.8, 4) is 17.0 Å². The zero-order valence-electron chi connectivity index (χ0n) is 15.6. The summed E-state index contributed by atoms with van der Waals surface area (Å²) < 4.78 is 20.2. The fourth-order valence-electron chi connectivity index (χ4n) is 2.86. The van der Waals surface area contributed by atoms with Crippen molar-refractivity contribution < 1.29 is 13.9 Å². The molecule has 0 aliphatic rings. The molecule has 0 radical (unpaired) electrons. The minimum Gasteiger partial charge on any atom is -0.497 e. The quantitative estimate of drug-likeness (QED) is 0.725.